The summed E-state index contributed by atoms with van der Waals surface area (Å²) in [5.41, 5.74) is 0.619. The van der Waals surface area contributed by atoms with Crippen molar-refractivity contribution in [2.75, 3.05) is 13.6 Å². The second-order valence-corrected chi connectivity index (χ2v) is 5.52. The van der Waals surface area contributed by atoms with Gasteiger partial charge in [0.1, 0.15) is 5.75 Å². The molecule has 104 valence electrons. The molecular formula is C13H16Cl2N2O2. The zero-order valence-corrected chi connectivity index (χ0v) is 12.1. The number of amides is 1. The minimum Gasteiger partial charge on any atom is -0.508 e. The number of benzene rings is 1. The van der Waals surface area contributed by atoms with Gasteiger partial charge in [0.05, 0.1) is 10.0 Å². The molecule has 0 bridgehead atoms. The third-order valence-corrected chi connectivity index (χ3v) is 4.25. The molecule has 1 aromatic rings. The Labute approximate surface area is 122 Å². The predicted octanol–water partition coefficient (Wildman–Crippen LogP) is 2.49. The van der Waals surface area contributed by atoms with Crippen molar-refractivity contribution in [1.29, 1.82) is 0 Å². The fraction of sp³-hybridized carbons (Fsp3) is 0.462. The second kappa shape index (κ2) is 5.99. The number of carbonyl (C=O) groups is 1. The number of hydrogen-bond acceptors (Lipinski definition) is 3. The van der Waals surface area contributed by atoms with E-state index in [1.807, 2.05) is 0 Å². The Bertz CT molecular complexity index is 494. The highest BCUT2D eigenvalue weighted by molar-refractivity contribution is 6.42. The van der Waals surface area contributed by atoms with Crippen LogP contribution in [0.5, 0.6) is 5.75 Å². The number of nitrogens with one attached hydrogen (secondary N) is 2. The van der Waals surface area contributed by atoms with Crippen molar-refractivity contribution in [2.24, 2.45) is 5.92 Å². The summed E-state index contributed by atoms with van der Waals surface area (Å²) in [6, 6.07) is 3.04. The van der Waals surface area contributed by atoms with Gasteiger partial charge < -0.3 is 15.7 Å². The Balaban J connectivity index is 2.13. The molecule has 0 saturated carbocycles. The molecule has 3 N–H and O–H groups in total. The van der Waals surface area contributed by atoms with Crippen LogP contribution in [-0.2, 0) is 4.79 Å². The molecule has 0 radical (unpaired) electrons. The van der Waals surface area contributed by atoms with Crippen LogP contribution in [0.25, 0.3) is 0 Å². The zero-order chi connectivity index (χ0) is 14.0. The van der Waals surface area contributed by atoms with Gasteiger partial charge in [0.25, 0.3) is 0 Å². The minimum atomic E-state index is -0.0687. The first-order chi connectivity index (χ1) is 9.02. The summed E-state index contributed by atoms with van der Waals surface area (Å²) in [6.45, 7) is 0.723. The van der Waals surface area contributed by atoms with E-state index in [1.165, 1.54) is 6.07 Å². The van der Waals surface area contributed by atoms with Gasteiger partial charge in [-0.2, -0.15) is 0 Å². The van der Waals surface area contributed by atoms with Gasteiger partial charge in [-0.05, 0) is 31.0 Å². The maximum atomic E-state index is 11.4. The molecule has 1 saturated heterocycles. The van der Waals surface area contributed by atoms with Crippen molar-refractivity contribution in [3.8, 4) is 5.75 Å². The standard InChI is InChI=1S/C13H16Cl2N2O2/c1-16-11(19)5-7-4-9(17-6-7)12-10(18)3-2-8(14)13(12)15/h2-3,7,9,17-18H,4-6H2,1H3,(H,16,19)/t7?,9-/m1/s1. The molecule has 1 heterocycles. The summed E-state index contributed by atoms with van der Waals surface area (Å²) in [4.78, 5) is 11.4. The maximum Gasteiger partial charge on any atom is 0.220 e. The summed E-state index contributed by atoms with van der Waals surface area (Å²) >= 11 is 12.1. The highest BCUT2D eigenvalue weighted by Gasteiger charge is 2.30. The maximum absolute atomic E-state index is 11.4. The van der Waals surface area contributed by atoms with E-state index in [4.69, 9.17) is 23.2 Å². The van der Waals surface area contributed by atoms with Gasteiger partial charge in [0.15, 0.2) is 0 Å². The normalized spacial score (nSPS) is 22.5. The molecule has 0 aromatic heterocycles. The fourth-order valence-electron chi connectivity index (χ4n) is 2.44. The third kappa shape index (κ3) is 3.14. The first-order valence-corrected chi connectivity index (χ1v) is 6.89. The smallest absolute Gasteiger partial charge is 0.220 e. The lowest BCUT2D eigenvalue weighted by Crippen LogP contribution is -2.22. The number of rotatable bonds is 3. The molecule has 1 fully saturated rings. The van der Waals surface area contributed by atoms with Crippen LogP contribution in [0.1, 0.15) is 24.4 Å². The highest BCUT2D eigenvalue weighted by Crippen LogP contribution is 2.41. The predicted molar refractivity (Wildman–Crippen MR) is 75.7 cm³/mol. The topological polar surface area (TPSA) is 61.4 Å². The average molecular weight is 303 g/mol. The van der Waals surface area contributed by atoms with Gasteiger partial charge in [-0.3, -0.25) is 4.79 Å². The molecule has 4 nitrogen and oxygen atoms in total. The number of aromatic hydroxyl groups is 1. The molecule has 6 heteroatoms. The summed E-state index contributed by atoms with van der Waals surface area (Å²) in [5.74, 6) is 0.390. The summed E-state index contributed by atoms with van der Waals surface area (Å²) in [5, 5.41) is 16.6. The van der Waals surface area contributed by atoms with Crippen LogP contribution in [0.4, 0.5) is 0 Å². The van der Waals surface area contributed by atoms with Crippen LogP contribution < -0.4 is 10.6 Å². The van der Waals surface area contributed by atoms with Crippen molar-refractivity contribution in [2.45, 2.75) is 18.9 Å². The number of carbonyl (C=O) groups excluding carboxylic acids is 1. The quantitative estimate of drug-likeness (QED) is 0.804. The first kappa shape index (κ1) is 14.4. The van der Waals surface area contributed by atoms with E-state index in [0.29, 0.717) is 22.0 Å². The molecule has 1 aliphatic rings. The Kier molecular flexibility index (Phi) is 4.55. The van der Waals surface area contributed by atoms with Crippen LogP contribution >= 0.6 is 23.2 Å². The largest absolute Gasteiger partial charge is 0.508 e. The van der Waals surface area contributed by atoms with Gasteiger partial charge in [-0.25, -0.2) is 0 Å². The van der Waals surface area contributed by atoms with E-state index in [-0.39, 0.29) is 23.6 Å². The van der Waals surface area contributed by atoms with Crippen LogP contribution in [-0.4, -0.2) is 24.6 Å². The Morgan fingerprint density at radius 3 is 2.95 bits per heavy atom. The molecule has 0 spiro atoms. The molecule has 2 rings (SSSR count). The molecule has 1 amide bonds. The summed E-state index contributed by atoms with van der Waals surface area (Å²) < 4.78 is 0. The SMILES string of the molecule is CNC(=O)CC1CN[C@@H](c2c(O)ccc(Cl)c2Cl)C1. The van der Waals surface area contributed by atoms with Crippen LogP contribution in [0, 0.1) is 5.92 Å². The molecule has 19 heavy (non-hydrogen) atoms. The molecule has 1 aliphatic heterocycles. The van der Waals surface area contributed by atoms with E-state index < -0.39 is 0 Å². The average Bonchev–Trinajstić information content (AvgIpc) is 2.82. The van der Waals surface area contributed by atoms with Crippen molar-refractivity contribution >= 4 is 29.1 Å². The van der Waals surface area contributed by atoms with Crippen molar-refractivity contribution in [3.63, 3.8) is 0 Å². The number of phenolic OH excluding ortho intramolecular Hbond substituents is 1. The lowest BCUT2D eigenvalue weighted by Gasteiger charge is -2.15. The van der Waals surface area contributed by atoms with Crippen LogP contribution in [0.3, 0.4) is 0 Å². The molecule has 2 atom stereocenters. The van der Waals surface area contributed by atoms with Crippen molar-refractivity contribution < 1.29 is 9.90 Å². The van der Waals surface area contributed by atoms with E-state index in [0.717, 1.165) is 13.0 Å². The molecule has 0 aliphatic carbocycles. The number of hydrogen-bond donors (Lipinski definition) is 3. The van der Waals surface area contributed by atoms with Gasteiger partial charge in [-0.15, -0.1) is 0 Å². The van der Waals surface area contributed by atoms with E-state index >= 15 is 0 Å². The van der Waals surface area contributed by atoms with Crippen LogP contribution in [0.15, 0.2) is 12.1 Å². The van der Waals surface area contributed by atoms with Gasteiger partial charge in [0, 0.05) is 25.1 Å². The monoisotopic (exact) mass is 302 g/mol. The molecule has 1 aromatic carbocycles. The molecule has 1 unspecified atom stereocenters. The Morgan fingerprint density at radius 1 is 1.53 bits per heavy atom. The molecular weight excluding hydrogens is 287 g/mol. The van der Waals surface area contributed by atoms with Gasteiger partial charge in [-0.1, -0.05) is 23.2 Å². The minimum absolute atomic E-state index is 0.0221. The first-order valence-electron chi connectivity index (χ1n) is 6.13. The second-order valence-electron chi connectivity index (χ2n) is 4.73. The van der Waals surface area contributed by atoms with E-state index in [9.17, 15) is 9.90 Å². The van der Waals surface area contributed by atoms with E-state index in [2.05, 4.69) is 10.6 Å². The van der Waals surface area contributed by atoms with Gasteiger partial charge in [0.2, 0.25) is 5.91 Å². The van der Waals surface area contributed by atoms with Crippen molar-refractivity contribution in [1.82, 2.24) is 10.6 Å². The Morgan fingerprint density at radius 2 is 2.26 bits per heavy atom. The Hall–Kier alpha value is -0.970. The summed E-state index contributed by atoms with van der Waals surface area (Å²) in [7, 11) is 1.63. The highest BCUT2D eigenvalue weighted by atomic mass is 35.5. The van der Waals surface area contributed by atoms with Crippen molar-refractivity contribution in [3.05, 3.63) is 27.7 Å². The number of halogens is 2. The number of phenols is 1. The lowest BCUT2D eigenvalue weighted by atomic mass is 9.97. The zero-order valence-electron chi connectivity index (χ0n) is 10.5. The van der Waals surface area contributed by atoms with Gasteiger partial charge >= 0.3 is 0 Å². The fourth-order valence-corrected chi connectivity index (χ4v) is 2.89. The van der Waals surface area contributed by atoms with E-state index in [1.54, 1.807) is 13.1 Å². The van der Waals surface area contributed by atoms with Crippen LogP contribution in [0.2, 0.25) is 10.0 Å². The summed E-state index contributed by atoms with van der Waals surface area (Å²) in [6.07, 6.45) is 1.22. The lowest BCUT2D eigenvalue weighted by molar-refractivity contribution is -0.121. The third-order valence-electron chi connectivity index (χ3n) is 3.43.